The molecule has 1 aromatic rings. The largest absolute Gasteiger partial charge is 0.472 e. The van der Waals surface area contributed by atoms with Gasteiger partial charge < -0.3 is 25.1 Å². The molecule has 9 heteroatoms. The summed E-state index contributed by atoms with van der Waals surface area (Å²) in [6.45, 7) is 5.73. The van der Waals surface area contributed by atoms with Gasteiger partial charge in [0.25, 0.3) is 5.91 Å². The number of carbonyl (C=O) groups is 4. The first-order valence-corrected chi connectivity index (χ1v) is 9.16. The van der Waals surface area contributed by atoms with Crippen LogP contribution in [0.2, 0.25) is 0 Å². The maximum absolute atomic E-state index is 13.1. The molecule has 0 saturated carbocycles. The molecule has 3 unspecified atom stereocenters. The van der Waals surface area contributed by atoms with Crippen molar-refractivity contribution in [1.82, 2.24) is 10.2 Å². The Hall–Kier alpha value is -2.68. The number of carbonyl (C=O) groups excluding carboxylic acids is 4. The summed E-state index contributed by atoms with van der Waals surface area (Å²) in [7, 11) is 1.41. The lowest BCUT2D eigenvalue weighted by Gasteiger charge is -2.31. The predicted molar refractivity (Wildman–Crippen MR) is 99.1 cm³/mol. The van der Waals surface area contributed by atoms with Crippen molar-refractivity contribution in [2.45, 2.75) is 45.4 Å². The Labute approximate surface area is 163 Å². The van der Waals surface area contributed by atoms with Gasteiger partial charge in [-0.3, -0.25) is 19.2 Å². The van der Waals surface area contributed by atoms with E-state index in [2.05, 4.69) is 5.32 Å². The van der Waals surface area contributed by atoms with Crippen molar-refractivity contribution in [2.24, 2.45) is 17.6 Å². The Kier molecular flexibility index (Phi) is 6.95. The minimum atomic E-state index is -1.20. The highest BCUT2D eigenvalue weighted by atomic mass is 16.5. The molecule has 0 aromatic carbocycles. The molecule has 3 amide bonds. The summed E-state index contributed by atoms with van der Waals surface area (Å²) in [5, 5.41) is 2.71. The monoisotopic (exact) mass is 393 g/mol. The first-order valence-electron chi connectivity index (χ1n) is 9.16. The number of rotatable bonds is 8. The maximum Gasteiger partial charge on any atom is 0.255 e. The fraction of sp³-hybridized carbons (Fsp3) is 0.579. The predicted octanol–water partition coefficient (Wildman–Crippen LogP) is 0.340. The molecule has 0 aliphatic carbocycles. The van der Waals surface area contributed by atoms with Gasteiger partial charge in [0.2, 0.25) is 11.8 Å². The Morgan fingerprint density at radius 3 is 2.54 bits per heavy atom. The molecule has 9 nitrogen and oxygen atoms in total. The standard InChI is InChI=1S/C19H27N3O6/c1-10(2)11(3)7-13(21-18(25)12-5-6-27-8-12)19(26)22(4)15-14(23)9-28-16(15)17(20)24/h5-6,8,10-11,13,15-16H,7,9H2,1-4H3,(H2,20,24)(H,21,25)/t11?,13-,15?,16?/m0/s1. The van der Waals surface area contributed by atoms with Crippen LogP contribution in [0.15, 0.2) is 23.0 Å². The Balaban J connectivity index is 2.22. The van der Waals surface area contributed by atoms with E-state index in [9.17, 15) is 19.2 Å². The smallest absolute Gasteiger partial charge is 0.255 e. The summed E-state index contributed by atoms with van der Waals surface area (Å²) in [5.74, 6) is -1.77. The molecule has 1 aliphatic rings. The van der Waals surface area contributed by atoms with Crippen molar-refractivity contribution in [3.63, 3.8) is 0 Å². The third kappa shape index (κ3) is 4.78. The minimum Gasteiger partial charge on any atom is -0.472 e. The van der Waals surface area contributed by atoms with E-state index in [1.165, 1.54) is 25.6 Å². The first-order chi connectivity index (χ1) is 13.1. The minimum absolute atomic E-state index is 0.120. The quantitative estimate of drug-likeness (QED) is 0.655. The third-order valence-corrected chi connectivity index (χ3v) is 5.20. The maximum atomic E-state index is 13.1. The molecule has 28 heavy (non-hydrogen) atoms. The van der Waals surface area contributed by atoms with Crippen LogP contribution in [0.3, 0.4) is 0 Å². The van der Waals surface area contributed by atoms with Gasteiger partial charge in [-0.15, -0.1) is 0 Å². The van der Waals surface area contributed by atoms with Crippen LogP contribution in [0.5, 0.6) is 0 Å². The van der Waals surface area contributed by atoms with Crippen LogP contribution in [-0.4, -0.2) is 60.2 Å². The first kappa shape index (κ1) is 21.6. The number of Topliss-reactive ketones (excluding diaryl/α,β-unsaturated/α-hetero) is 1. The second-order valence-electron chi connectivity index (χ2n) is 7.49. The average molecular weight is 393 g/mol. The molecule has 0 radical (unpaired) electrons. The second-order valence-corrected chi connectivity index (χ2v) is 7.49. The third-order valence-electron chi connectivity index (χ3n) is 5.20. The number of likely N-dealkylation sites (N-methyl/N-ethyl adjacent to an activating group) is 1. The summed E-state index contributed by atoms with van der Waals surface area (Å²) >= 11 is 0. The highest BCUT2D eigenvalue weighted by Crippen LogP contribution is 2.21. The van der Waals surface area contributed by atoms with Gasteiger partial charge in [-0.1, -0.05) is 20.8 Å². The van der Waals surface area contributed by atoms with Crippen LogP contribution >= 0.6 is 0 Å². The number of primary amides is 1. The summed E-state index contributed by atoms with van der Waals surface area (Å²) in [6.07, 6.45) is 1.81. The van der Waals surface area contributed by atoms with E-state index in [1.54, 1.807) is 0 Å². The fourth-order valence-electron chi connectivity index (χ4n) is 3.06. The van der Waals surface area contributed by atoms with Gasteiger partial charge in [-0.2, -0.15) is 0 Å². The lowest BCUT2D eigenvalue weighted by atomic mass is 9.90. The van der Waals surface area contributed by atoms with E-state index in [-0.39, 0.29) is 24.0 Å². The topological polar surface area (TPSA) is 132 Å². The normalized spacial score (nSPS) is 21.4. The summed E-state index contributed by atoms with van der Waals surface area (Å²) < 4.78 is 10.0. The van der Waals surface area contributed by atoms with E-state index in [0.29, 0.717) is 6.42 Å². The van der Waals surface area contributed by atoms with Gasteiger partial charge in [-0.25, -0.2) is 0 Å². The van der Waals surface area contributed by atoms with Crippen LogP contribution < -0.4 is 11.1 Å². The molecule has 0 bridgehead atoms. The summed E-state index contributed by atoms with van der Waals surface area (Å²) in [5.41, 5.74) is 5.58. The number of nitrogens with two attached hydrogens (primary N) is 1. The molecule has 1 saturated heterocycles. The van der Waals surface area contributed by atoms with Gasteiger partial charge in [0.1, 0.15) is 25.0 Å². The van der Waals surface area contributed by atoms with E-state index >= 15 is 0 Å². The molecule has 154 valence electrons. The lowest BCUT2D eigenvalue weighted by molar-refractivity contribution is -0.141. The van der Waals surface area contributed by atoms with E-state index in [4.69, 9.17) is 14.9 Å². The Morgan fingerprint density at radius 2 is 2.00 bits per heavy atom. The fourth-order valence-corrected chi connectivity index (χ4v) is 3.06. The molecule has 4 atom stereocenters. The van der Waals surface area contributed by atoms with E-state index in [1.807, 2.05) is 20.8 Å². The average Bonchev–Trinajstić information content (AvgIpc) is 3.29. The van der Waals surface area contributed by atoms with Crippen LogP contribution in [0, 0.1) is 11.8 Å². The van der Waals surface area contributed by atoms with Crippen LogP contribution in [-0.2, 0) is 19.1 Å². The summed E-state index contributed by atoms with van der Waals surface area (Å²) in [6, 6.07) is -0.497. The lowest BCUT2D eigenvalue weighted by Crippen LogP contribution is -2.56. The highest BCUT2D eigenvalue weighted by molar-refractivity contribution is 6.00. The van der Waals surface area contributed by atoms with Crippen LogP contribution in [0.4, 0.5) is 0 Å². The van der Waals surface area contributed by atoms with Gasteiger partial charge in [0.15, 0.2) is 11.9 Å². The van der Waals surface area contributed by atoms with E-state index < -0.39 is 41.7 Å². The zero-order chi connectivity index (χ0) is 21.0. The van der Waals surface area contributed by atoms with Gasteiger partial charge >= 0.3 is 0 Å². The SMILES string of the molecule is CC(C)C(C)C[C@H](NC(=O)c1ccoc1)C(=O)N(C)C1C(=O)COC1C(N)=O. The molecule has 1 fully saturated rings. The van der Waals surface area contributed by atoms with E-state index in [0.717, 1.165) is 4.90 Å². The van der Waals surface area contributed by atoms with Crippen molar-refractivity contribution >= 4 is 23.5 Å². The molecular formula is C19H27N3O6. The second kappa shape index (κ2) is 9.01. The van der Waals surface area contributed by atoms with Crippen LogP contribution in [0.1, 0.15) is 37.6 Å². The molecule has 1 aromatic heterocycles. The summed E-state index contributed by atoms with van der Waals surface area (Å²) in [4.78, 5) is 50.5. The highest BCUT2D eigenvalue weighted by Gasteiger charge is 2.45. The van der Waals surface area contributed by atoms with Crippen molar-refractivity contribution in [1.29, 1.82) is 0 Å². The van der Waals surface area contributed by atoms with Crippen molar-refractivity contribution < 1.29 is 28.3 Å². The number of nitrogens with zero attached hydrogens (tertiary/aromatic N) is 1. The van der Waals surface area contributed by atoms with Gasteiger partial charge in [0, 0.05) is 7.05 Å². The number of ether oxygens (including phenoxy) is 1. The zero-order valence-electron chi connectivity index (χ0n) is 16.5. The molecular weight excluding hydrogens is 366 g/mol. The van der Waals surface area contributed by atoms with Gasteiger partial charge in [-0.05, 0) is 24.3 Å². The molecule has 3 N–H and O–H groups in total. The number of hydrogen-bond acceptors (Lipinski definition) is 6. The number of nitrogens with one attached hydrogen (secondary N) is 1. The number of ketones is 1. The zero-order valence-corrected chi connectivity index (χ0v) is 16.5. The molecule has 0 spiro atoms. The van der Waals surface area contributed by atoms with Crippen LogP contribution in [0.25, 0.3) is 0 Å². The Bertz CT molecular complexity index is 730. The van der Waals surface area contributed by atoms with Gasteiger partial charge in [0.05, 0.1) is 11.8 Å². The molecule has 2 heterocycles. The van der Waals surface area contributed by atoms with Crippen molar-refractivity contribution in [3.8, 4) is 0 Å². The Morgan fingerprint density at radius 1 is 1.32 bits per heavy atom. The van der Waals surface area contributed by atoms with Crippen molar-refractivity contribution in [3.05, 3.63) is 24.2 Å². The molecule has 2 rings (SSSR count). The number of furan rings is 1. The number of hydrogen-bond donors (Lipinski definition) is 2. The molecule has 1 aliphatic heterocycles. The van der Waals surface area contributed by atoms with Crippen molar-refractivity contribution in [2.75, 3.05) is 13.7 Å². The number of amides is 3.